The van der Waals surface area contributed by atoms with Gasteiger partial charge in [0.15, 0.2) is 5.13 Å². The van der Waals surface area contributed by atoms with Crippen LogP contribution in [0.4, 0.5) is 18.3 Å². The normalized spacial score (nSPS) is 11.3. The Balaban J connectivity index is 1.80. The Bertz CT molecular complexity index is 862. The summed E-state index contributed by atoms with van der Waals surface area (Å²) in [4.78, 5) is 20.0. The van der Waals surface area contributed by atoms with E-state index >= 15 is 0 Å². The van der Waals surface area contributed by atoms with Crippen molar-refractivity contribution < 1.29 is 18.0 Å². The minimum absolute atomic E-state index is 0.309. The molecule has 0 fully saturated rings. The summed E-state index contributed by atoms with van der Waals surface area (Å²) in [6.07, 6.45) is -1.43. The van der Waals surface area contributed by atoms with Gasteiger partial charge in [0.2, 0.25) is 0 Å². The average molecular weight is 349 g/mol. The van der Waals surface area contributed by atoms with E-state index in [0.29, 0.717) is 22.0 Å². The highest BCUT2D eigenvalue weighted by Crippen LogP contribution is 2.33. The van der Waals surface area contributed by atoms with Crippen molar-refractivity contribution >= 4 is 22.4 Å². The number of anilines is 1. The lowest BCUT2D eigenvalue weighted by atomic mass is 10.1. The number of aromatic nitrogens is 2. The number of hydrogen-bond donors (Lipinski definition) is 1. The van der Waals surface area contributed by atoms with Crippen LogP contribution in [0.1, 0.15) is 15.9 Å². The Morgan fingerprint density at radius 2 is 1.88 bits per heavy atom. The third-order valence-corrected chi connectivity index (χ3v) is 3.91. The minimum atomic E-state index is -4.41. The van der Waals surface area contributed by atoms with Crippen LogP contribution in [-0.2, 0) is 6.18 Å². The van der Waals surface area contributed by atoms with E-state index in [1.54, 1.807) is 23.6 Å². The molecule has 0 spiro atoms. The second-order valence-corrected chi connectivity index (χ2v) is 5.66. The van der Waals surface area contributed by atoms with Crippen molar-refractivity contribution in [1.82, 2.24) is 9.97 Å². The highest BCUT2D eigenvalue weighted by atomic mass is 32.1. The molecule has 0 unspecified atom stereocenters. The zero-order valence-corrected chi connectivity index (χ0v) is 12.9. The van der Waals surface area contributed by atoms with Gasteiger partial charge >= 0.3 is 6.18 Å². The van der Waals surface area contributed by atoms with Gasteiger partial charge in [-0.15, -0.1) is 11.3 Å². The van der Waals surface area contributed by atoms with Crippen LogP contribution in [0.2, 0.25) is 0 Å². The summed E-state index contributed by atoms with van der Waals surface area (Å²) in [6.45, 7) is 0. The molecule has 122 valence electrons. The molecule has 0 saturated carbocycles. The zero-order chi connectivity index (χ0) is 17.2. The molecule has 3 aromatic rings. The number of carbonyl (C=O) groups is 1. The van der Waals surface area contributed by atoms with Crippen LogP contribution in [-0.4, -0.2) is 15.9 Å². The van der Waals surface area contributed by atoms with Gasteiger partial charge in [-0.25, -0.2) is 4.98 Å². The number of halogens is 3. The average Bonchev–Trinajstić information content (AvgIpc) is 3.03. The summed E-state index contributed by atoms with van der Waals surface area (Å²) in [7, 11) is 0. The molecule has 2 heterocycles. The maximum atomic E-state index is 12.8. The molecule has 3 rings (SSSR count). The maximum absolute atomic E-state index is 12.8. The first-order valence-corrected chi connectivity index (χ1v) is 7.66. The molecule has 0 atom stereocenters. The number of nitrogens with zero attached hydrogens (tertiary/aromatic N) is 2. The SMILES string of the molecule is O=C(Nc1nc(-c2cccc(C(F)(F)F)c2)cs1)c1ccncc1. The van der Waals surface area contributed by atoms with Crippen molar-refractivity contribution in [3.8, 4) is 11.3 Å². The molecule has 2 aromatic heterocycles. The zero-order valence-electron chi connectivity index (χ0n) is 12.0. The number of amides is 1. The Morgan fingerprint density at radius 1 is 1.12 bits per heavy atom. The largest absolute Gasteiger partial charge is 0.416 e. The van der Waals surface area contributed by atoms with Crippen LogP contribution in [0.5, 0.6) is 0 Å². The summed E-state index contributed by atoms with van der Waals surface area (Å²) in [5.74, 6) is -0.359. The maximum Gasteiger partial charge on any atom is 0.416 e. The molecule has 4 nitrogen and oxygen atoms in total. The summed E-state index contributed by atoms with van der Waals surface area (Å²) in [5, 5.41) is 4.52. The predicted octanol–water partition coefficient (Wildman–Crippen LogP) is 4.48. The van der Waals surface area contributed by atoms with Crippen LogP contribution in [0.3, 0.4) is 0 Å². The summed E-state index contributed by atoms with van der Waals surface area (Å²) in [5.41, 5.74) is 0.387. The molecule has 8 heteroatoms. The lowest BCUT2D eigenvalue weighted by Gasteiger charge is -2.07. The van der Waals surface area contributed by atoms with Gasteiger partial charge in [-0.05, 0) is 24.3 Å². The van der Waals surface area contributed by atoms with Crippen molar-refractivity contribution in [3.63, 3.8) is 0 Å². The molecular weight excluding hydrogens is 339 g/mol. The monoisotopic (exact) mass is 349 g/mol. The van der Waals surface area contributed by atoms with Crippen molar-refractivity contribution in [2.24, 2.45) is 0 Å². The Hall–Kier alpha value is -2.74. The first-order chi connectivity index (χ1) is 11.4. The molecule has 1 amide bonds. The van der Waals surface area contributed by atoms with Gasteiger partial charge in [0.05, 0.1) is 11.3 Å². The first-order valence-electron chi connectivity index (χ1n) is 6.78. The van der Waals surface area contributed by atoms with E-state index in [-0.39, 0.29) is 5.91 Å². The quantitative estimate of drug-likeness (QED) is 0.759. The molecule has 0 aliphatic heterocycles. The fraction of sp³-hybridized carbons (Fsp3) is 0.0625. The number of rotatable bonds is 3. The number of alkyl halides is 3. The van der Waals surface area contributed by atoms with Gasteiger partial charge in [0.25, 0.3) is 5.91 Å². The van der Waals surface area contributed by atoms with Gasteiger partial charge in [-0.1, -0.05) is 12.1 Å². The fourth-order valence-electron chi connectivity index (χ4n) is 1.99. The van der Waals surface area contributed by atoms with Crippen molar-refractivity contribution in [3.05, 3.63) is 65.3 Å². The van der Waals surface area contributed by atoms with Crippen LogP contribution >= 0.6 is 11.3 Å². The smallest absolute Gasteiger partial charge is 0.298 e. The number of pyridine rings is 1. The molecule has 0 aliphatic rings. The highest BCUT2D eigenvalue weighted by Gasteiger charge is 2.30. The third-order valence-electron chi connectivity index (χ3n) is 3.15. The molecule has 0 saturated heterocycles. The van der Waals surface area contributed by atoms with E-state index in [0.717, 1.165) is 23.5 Å². The van der Waals surface area contributed by atoms with Crippen molar-refractivity contribution in [1.29, 1.82) is 0 Å². The van der Waals surface area contributed by atoms with E-state index in [1.807, 2.05) is 0 Å². The lowest BCUT2D eigenvalue weighted by molar-refractivity contribution is -0.137. The molecule has 0 radical (unpaired) electrons. The van der Waals surface area contributed by atoms with Gasteiger partial charge in [-0.3, -0.25) is 15.1 Å². The molecular formula is C16H10F3N3OS. The Labute approximate surface area is 139 Å². The minimum Gasteiger partial charge on any atom is -0.298 e. The number of hydrogen-bond acceptors (Lipinski definition) is 4. The van der Waals surface area contributed by atoms with Crippen LogP contribution in [0.15, 0.2) is 54.2 Å². The summed E-state index contributed by atoms with van der Waals surface area (Å²) in [6, 6.07) is 8.00. The van der Waals surface area contributed by atoms with E-state index < -0.39 is 11.7 Å². The number of thiazole rings is 1. The van der Waals surface area contributed by atoms with E-state index in [9.17, 15) is 18.0 Å². The van der Waals surface area contributed by atoms with E-state index in [1.165, 1.54) is 18.5 Å². The first kappa shape index (κ1) is 16.1. The Kier molecular flexibility index (Phi) is 4.30. The second-order valence-electron chi connectivity index (χ2n) is 4.81. The topological polar surface area (TPSA) is 54.9 Å². The van der Waals surface area contributed by atoms with Gasteiger partial charge in [-0.2, -0.15) is 13.2 Å². The van der Waals surface area contributed by atoms with Crippen LogP contribution in [0.25, 0.3) is 11.3 Å². The van der Waals surface area contributed by atoms with Gasteiger partial charge in [0.1, 0.15) is 0 Å². The van der Waals surface area contributed by atoms with Crippen LogP contribution in [0, 0.1) is 0 Å². The lowest BCUT2D eigenvalue weighted by Crippen LogP contribution is -2.11. The molecule has 1 aromatic carbocycles. The Morgan fingerprint density at radius 3 is 2.58 bits per heavy atom. The number of nitrogens with one attached hydrogen (secondary N) is 1. The predicted molar refractivity (Wildman–Crippen MR) is 84.7 cm³/mol. The second kappa shape index (κ2) is 6.40. The number of carbonyl (C=O) groups excluding carboxylic acids is 1. The summed E-state index contributed by atoms with van der Waals surface area (Å²) < 4.78 is 38.3. The summed E-state index contributed by atoms with van der Waals surface area (Å²) >= 11 is 1.14. The highest BCUT2D eigenvalue weighted by molar-refractivity contribution is 7.14. The standard InChI is InChI=1S/C16H10F3N3OS/c17-16(18,19)12-3-1-2-11(8-12)13-9-24-15(21-13)22-14(23)10-4-6-20-7-5-10/h1-9H,(H,21,22,23). The molecule has 24 heavy (non-hydrogen) atoms. The van der Waals surface area contributed by atoms with Crippen molar-refractivity contribution in [2.45, 2.75) is 6.18 Å². The van der Waals surface area contributed by atoms with Gasteiger partial charge < -0.3 is 0 Å². The van der Waals surface area contributed by atoms with Crippen LogP contribution < -0.4 is 5.32 Å². The van der Waals surface area contributed by atoms with E-state index in [4.69, 9.17) is 0 Å². The molecule has 0 aliphatic carbocycles. The third kappa shape index (κ3) is 3.60. The van der Waals surface area contributed by atoms with E-state index in [2.05, 4.69) is 15.3 Å². The van der Waals surface area contributed by atoms with Gasteiger partial charge in [0, 0.05) is 28.9 Å². The van der Waals surface area contributed by atoms with Crippen molar-refractivity contribution in [2.75, 3.05) is 5.32 Å². The molecule has 1 N–H and O–H groups in total. The fourth-order valence-corrected chi connectivity index (χ4v) is 2.71. The molecule has 0 bridgehead atoms. The number of benzene rings is 1.